The quantitative estimate of drug-likeness (QED) is 0.785. The van der Waals surface area contributed by atoms with Gasteiger partial charge in [0.2, 0.25) is 11.8 Å². The van der Waals surface area contributed by atoms with Gasteiger partial charge in [-0.15, -0.1) is 0 Å². The highest BCUT2D eigenvalue weighted by molar-refractivity contribution is 5.78. The second-order valence-electron chi connectivity index (χ2n) is 8.90. The molecule has 1 unspecified atom stereocenters. The molecule has 5 heteroatoms. The summed E-state index contributed by atoms with van der Waals surface area (Å²) in [6.07, 6.45) is 5.59. The maximum atomic E-state index is 12.5. The minimum atomic E-state index is 0.157. The molecule has 1 aliphatic carbocycles. The molecule has 2 amide bonds. The lowest BCUT2D eigenvalue weighted by atomic mass is 9.59. The molecule has 1 aromatic carbocycles. The number of nitrogens with zero attached hydrogens (tertiary/aromatic N) is 2. The SMILES string of the molecule is CC(C)N(C)CC(=O)N1CCC2(CCC2NC(=O)CCc2ccccc2)CC1. The zero-order chi connectivity index (χ0) is 20.1. The van der Waals surface area contributed by atoms with Crippen LogP contribution < -0.4 is 5.32 Å². The Morgan fingerprint density at radius 1 is 1.18 bits per heavy atom. The fourth-order valence-electron chi connectivity index (χ4n) is 4.39. The van der Waals surface area contributed by atoms with Crippen molar-refractivity contribution in [1.29, 1.82) is 0 Å². The normalized spacial score (nSPS) is 21.0. The van der Waals surface area contributed by atoms with Crippen LogP contribution in [0.25, 0.3) is 0 Å². The third-order valence-electron chi connectivity index (χ3n) is 6.87. The van der Waals surface area contributed by atoms with Crippen molar-refractivity contribution in [2.75, 3.05) is 26.7 Å². The van der Waals surface area contributed by atoms with E-state index in [1.165, 1.54) is 12.0 Å². The summed E-state index contributed by atoms with van der Waals surface area (Å²) in [4.78, 5) is 29.0. The summed E-state index contributed by atoms with van der Waals surface area (Å²) in [5.74, 6) is 0.388. The highest BCUT2D eigenvalue weighted by atomic mass is 16.2. The number of benzene rings is 1. The largest absolute Gasteiger partial charge is 0.353 e. The summed E-state index contributed by atoms with van der Waals surface area (Å²) < 4.78 is 0. The number of hydrogen-bond donors (Lipinski definition) is 1. The van der Waals surface area contributed by atoms with Gasteiger partial charge in [-0.3, -0.25) is 14.5 Å². The molecule has 1 spiro atoms. The number of carbonyl (C=O) groups excluding carboxylic acids is 2. The van der Waals surface area contributed by atoms with E-state index in [1.807, 2.05) is 30.1 Å². The predicted octanol–water partition coefficient (Wildman–Crippen LogP) is 2.85. The zero-order valence-corrected chi connectivity index (χ0v) is 17.6. The Bertz CT molecular complexity index is 666. The topological polar surface area (TPSA) is 52.7 Å². The lowest BCUT2D eigenvalue weighted by molar-refractivity contribution is -0.138. The van der Waals surface area contributed by atoms with E-state index in [0.29, 0.717) is 19.0 Å². The van der Waals surface area contributed by atoms with Gasteiger partial charge >= 0.3 is 0 Å². The number of aryl methyl sites for hydroxylation is 1. The maximum Gasteiger partial charge on any atom is 0.236 e. The molecule has 1 aromatic rings. The lowest BCUT2D eigenvalue weighted by Gasteiger charge is -2.54. The zero-order valence-electron chi connectivity index (χ0n) is 17.6. The van der Waals surface area contributed by atoms with Crippen LogP contribution >= 0.6 is 0 Å². The average Bonchev–Trinajstić information content (AvgIpc) is 2.70. The van der Waals surface area contributed by atoms with Crippen LogP contribution in [0.15, 0.2) is 30.3 Å². The minimum absolute atomic E-state index is 0.157. The number of likely N-dealkylation sites (tertiary alicyclic amines) is 1. The van der Waals surface area contributed by atoms with Gasteiger partial charge in [-0.2, -0.15) is 0 Å². The molecule has 1 saturated heterocycles. The van der Waals surface area contributed by atoms with Gasteiger partial charge in [0.1, 0.15) is 0 Å². The van der Waals surface area contributed by atoms with Crippen molar-refractivity contribution in [3.05, 3.63) is 35.9 Å². The summed E-state index contributed by atoms with van der Waals surface area (Å²) >= 11 is 0. The second-order valence-corrected chi connectivity index (χ2v) is 8.90. The molecule has 2 aliphatic rings. The van der Waals surface area contributed by atoms with Gasteiger partial charge in [0.05, 0.1) is 6.54 Å². The standard InChI is InChI=1S/C23H35N3O2/c1-18(2)25(3)17-22(28)26-15-13-23(14-16-26)12-11-20(23)24-21(27)10-9-19-7-5-4-6-8-19/h4-8,18,20H,9-17H2,1-3H3,(H,24,27). The molecule has 1 atom stereocenters. The van der Waals surface area contributed by atoms with Gasteiger partial charge < -0.3 is 10.2 Å². The molecule has 5 nitrogen and oxygen atoms in total. The van der Waals surface area contributed by atoms with Crippen LogP contribution in [0.4, 0.5) is 0 Å². The van der Waals surface area contributed by atoms with Gasteiger partial charge in [0, 0.05) is 31.6 Å². The van der Waals surface area contributed by atoms with Crippen LogP contribution in [0.5, 0.6) is 0 Å². The number of amides is 2. The van der Waals surface area contributed by atoms with E-state index in [-0.39, 0.29) is 23.3 Å². The predicted molar refractivity (Wildman–Crippen MR) is 112 cm³/mol. The molecule has 28 heavy (non-hydrogen) atoms. The highest BCUT2D eigenvalue weighted by Crippen LogP contribution is 2.49. The van der Waals surface area contributed by atoms with Crippen LogP contribution in [-0.2, 0) is 16.0 Å². The van der Waals surface area contributed by atoms with Gasteiger partial charge in [0.25, 0.3) is 0 Å². The Labute approximate surface area is 169 Å². The van der Waals surface area contributed by atoms with Crippen molar-refractivity contribution in [2.45, 2.75) is 64.5 Å². The molecule has 0 radical (unpaired) electrons. The summed E-state index contributed by atoms with van der Waals surface area (Å²) in [5.41, 5.74) is 1.42. The van der Waals surface area contributed by atoms with Crippen molar-refractivity contribution < 1.29 is 9.59 Å². The summed E-state index contributed by atoms with van der Waals surface area (Å²) in [6.45, 7) is 6.35. The molecule has 1 N–H and O–H groups in total. The van der Waals surface area contributed by atoms with Gasteiger partial charge in [-0.1, -0.05) is 30.3 Å². The molecule has 0 aromatic heterocycles. The van der Waals surface area contributed by atoms with E-state index in [0.717, 1.165) is 38.8 Å². The fraction of sp³-hybridized carbons (Fsp3) is 0.652. The Morgan fingerprint density at radius 2 is 1.86 bits per heavy atom. The van der Waals surface area contributed by atoms with Crippen molar-refractivity contribution in [3.63, 3.8) is 0 Å². The van der Waals surface area contributed by atoms with Gasteiger partial charge in [-0.05, 0) is 64.0 Å². The first-order valence-corrected chi connectivity index (χ1v) is 10.7. The molecule has 1 saturated carbocycles. The van der Waals surface area contributed by atoms with Gasteiger partial charge in [0.15, 0.2) is 0 Å². The minimum Gasteiger partial charge on any atom is -0.353 e. The van der Waals surface area contributed by atoms with Crippen molar-refractivity contribution >= 4 is 11.8 Å². The van der Waals surface area contributed by atoms with E-state index in [4.69, 9.17) is 0 Å². The van der Waals surface area contributed by atoms with E-state index in [2.05, 4.69) is 36.2 Å². The molecule has 154 valence electrons. The van der Waals surface area contributed by atoms with Crippen molar-refractivity contribution in [2.24, 2.45) is 5.41 Å². The summed E-state index contributed by atoms with van der Waals surface area (Å²) in [5, 5.41) is 3.29. The van der Waals surface area contributed by atoms with Crippen LogP contribution in [0.2, 0.25) is 0 Å². The van der Waals surface area contributed by atoms with E-state index in [9.17, 15) is 9.59 Å². The summed E-state index contributed by atoms with van der Waals surface area (Å²) in [7, 11) is 2.00. The average molecular weight is 386 g/mol. The fourth-order valence-corrected chi connectivity index (χ4v) is 4.39. The first-order valence-electron chi connectivity index (χ1n) is 10.7. The molecule has 0 bridgehead atoms. The Hall–Kier alpha value is -1.88. The van der Waals surface area contributed by atoms with Crippen LogP contribution in [0, 0.1) is 5.41 Å². The van der Waals surface area contributed by atoms with Crippen molar-refractivity contribution in [1.82, 2.24) is 15.1 Å². The number of likely N-dealkylation sites (N-methyl/N-ethyl adjacent to an activating group) is 1. The number of carbonyl (C=O) groups is 2. The van der Waals surface area contributed by atoms with Crippen LogP contribution in [0.1, 0.15) is 51.5 Å². The van der Waals surface area contributed by atoms with Crippen molar-refractivity contribution in [3.8, 4) is 0 Å². The smallest absolute Gasteiger partial charge is 0.236 e. The molecule has 1 heterocycles. The first kappa shape index (κ1) is 20.8. The van der Waals surface area contributed by atoms with Crippen LogP contribution in [0.3, 0.4) is 0 Å². The maximum absolute atomic E-state index is 12.5. The molecular formula is C23H35N3O2. The molecular weight excluding hydrogens is 350 g/mol. The Balaban J connectivity index is 1.43. The van der Waals surface area contributed by atoms with E-state index >= 15 is 0 Å². The molecule has 3 rings (SSSR count). The lowest BCUT2D eigenvalue weighted by Crippen LogP contribution is -2.60. The summed E-state index contributed by atoms with van der Waals surface area (Å²) in [6, 6.07) is 10.8. The van der Waals surface area contributed by atoms with Crippen LogP contribution in [-0.4, -0.2) is 60.4 Å². The molecule has 1 aliphatic heterocycles. The number of rotatable bonds is 7. The Kier molecular flexibility index (Phi) is 6.76. The second kappa shape index (κ2) is 9.08. The van der Waals surface area contributed by atoms with E-state index < -0.39 is 0 Å². The Morgan fingerprint density at radius 3 is 2.43 bits per heavy atom. The first-order chi connectivity index (χ1) is 13.4. The highest BCUT2D eigenvalue weighted by Gasteiger charge is 2.49. The number of hydrogen-bond acceptors (Lipinski definition) is 3. The van der Waals surface area contributed by atoms with Gasteiger partial charge in [-0.25, -0.2) is 0 Å². The molecule has 2 fully saturated rings. The number of piperidine rings is 1. The van der Waals surface area contributed by atoms with E-state index in [1.54, 1.807) is 0 Å². The monoisotopic (exact) mass is 385 g/mol. The third-order valence-corrected chi connectivity index (χ3v) is 6.87. The number of nitrogens with one attached hydrogen (secondary N) is 1. The third kappa shape index (κ3) is 4.93.